The predicted molar refractivity (Wildman–Crippen MR) is 157 cm³/mol. The van der Waals surface area contributed by atoms with E-state index >= 15 is 0 Å². The Morgan fingerprint density at radius 1 is 1.25 bits per heavy atom. The number of aromatic nitrogens is 4. The minimum absolute atomic E-state index is 0.0747. The Kier molecular flexibility index (Phi) is 8.86. The molecule has 3 heterocycles. The van der Waals surface area contributed by atoms with E-state index in [2.05, 4.69) is 19.7 Å². The molecule has 234 valence electrons. The highest BCUT2D eigenvalue weighted by Crippen LogP contribution is 2.43. The maximum atomic E-state index is 13.1. The van der Waals surface area contributed by atoms with Crippen LogP contribution in [0.5, 0.6) is 17.4 Å². The molecule has 0 bridgehead atoms. The molecule has 6 atom stereocenters. The highest BCUT2D eigenvalue weighted by Gasteiger charge is 2.54. The number of nitrogen functional groups attached to an aromatic ring is 1. The molecule has 5 rings (SSSR count). The number of nitrogens with zero attached hydrogens (tertiary/aromatic N) is 5. The zero-order chi connectivity index (χ0) is 31.8. The summed E-state index contributed by atoms with van der Waals surface area (Å²) >= 11 is 0. The van der Waals surface area contributed by atoms with Gasteiger partial charge in [-0.05, 0) is 24.3 Å². The molecule has 4 aromatic rings. The van der Waals surface area contributed by atoms with Gasteiger partial charge in [-0.2, -0.15) is 9.97 Å². The number of imidazole rings is 1. The summed E-state index contributed by atoms with van der Waals surface area (Å²) in [5, 5.41) is 23.8. The molecule has 1 fully saturated rings. The number of anilines is 1. The van der Waals surface area contributed by atoms with Gasteiger partial charge >= 0.3 is 14.1 Å². The third-order valence-electron chi connectivity index (χ3n) is 7.32. The summed E-state index contributed by atoms with van der Waals surface area (Å²) in [5.41, 5.74) is 4.55. The number of aliphatic hydroxyl groups excluding tert-OH is 1. The summed E-state index contributed by atoms with van der Waals surface area (Å²) in [6, 6.07) is 9.62. The first-order valence-corrected chi connectivity index (χ1v) is 14.8. The van der Waals surface area contributed by atoms with E-state index in [-0.39, 0.29) is 41.5 Å². The van der Waals surface area contributed by atoms with E-state index in [4.69, 9.17) is 29.2 Å². The lowest BCUT2D eigenvalue weighted by Crippen LogP contribution is -2.44. The lowest BCUT2D eigenvalue weighted by atomic mass is 9.96. The van der Waals surface area contributed by atoms with Crippen LogP contribution in [0.1, 0.15) is 27.0 Å². The molecule has 4 N–H and O–H groups in total. The molecule has 2 aromatic carbocycles. The number of carbonyl (C=O) groups excluding carboxylic acids is 1. The predicted octanol–water partition coefficient (Wildman–Crippen LogP) is 2.09. The molecule has 15 nitrogen and oxygen atoms in total. The van der Waals surface area contributed by atoms with Crippen LogP contribution in [0.2, 0.25) is 0 Å². The molecule has 0 amide bonds. The fourth-order valence-electron chi connectivity index (χ4n) is 4.98. The number of hydrogen-bond donors (Lipinski definition) is 3. The minimum atomic E-state index is -2.73. The van der Waals surface area contributed by atoms with Gasteiger partial charge in [0.05, 0.1) is 20.5 Å². The standard InChI is InChI=1S/C28H33N6O9P/c1-14(2)19(25(36)40-5)33-44(38)43-21-16-9-7-6-8-15(16)10-11-17(21)41-12-18-22(35)28(3,37)26(42-18)34-13-30-20-23(34)31-27(29)32-24(20)39-4/h6-11,13-14,18-19,22,26,35,37H,12H2,1-5H3,(H2,29,31,32)/t18-,19+,22-,26?,28-/m1/s1. The number of methoxy groups -OCH3 is 2. The van der Waals surface area contributed by atoms with Gasteiger partial charge in [-0.1, -0.05) is 48.9 Å². The lowest BCUT2D eigenvalue weighted by molar-refractivity contribution is -0.170. The van der Waals surface area contributed by atoms with E-state index < -0.39 is 44.2 Å². The van der Waals surface area contributed by atoms with Crippen LogP contribution in [0.4, 0.5) is 5.95 Å². The average Bonchev–Trinajstić information content (AvgIpc) is 3.51. The van der Waals surface area contributed by atoms with E-state index in [1.807, 2.05) is 12.1 Å². The Morgan fingerprint density at radius 2 is 2.00 bits per heavy atom. The van der Waals surface area contributed by atoms with Crippen LogP contribution < -0.4 is 24.6 Å². The van der Waals surface area contributed by atoms with Crippen LogP contribution in [0.15, 0.2) is 47.5 Å². The van der Waals surface area contributed by atoms with Gasteiger partial charge in [-0.25, -0.2) is 9.78 Å². The second kappa shape index (κ2) is 12.5. The number of benzene rings is 2. The zero-order valence-corrected chi connectivity index (χ0v) is 25.5. The molecule has 2 unspecified atom stereocenters. The maximum absolute atomic E-state index is 13.1. The van der Waals surface area contributed by atoms with Crippen LogP contribution in [0.3, 0.4) is 0 Å². The Balaban J connectivity index is 1.42. The number of ether oxygens (including phenoxy) is 4. The van der Waals surface area contributed by atoms with Gasteiger partial charge in [-0.15, -0.1) is 0 Å². The van der Waals surface area contributed by atoms with Crippen LogP contribution >= 0.6 is 8.17 Å². The largest absolute Gasteiger partial charge is 0.575 e. The molecular formula is C28H33N6O9P. The summed E-state index contributed by atoms with van der Waals surface area (Å²) in [6.07, 6.45) is -2.20. The zero-order valence-electron chi connectivity index (χ0n) is 24.6. The molecule has 0 saturated carbocycles. The van der Waals surface area contributed by atoms with Crippen molar-refractivity contribution >= 4 is 42.0 Å². The van der Waals surface area contributed by atoms with Crippen LogP contribution in [-0.2, 0) is 14.3 Å². The Labute approximate surface area is 253 Å². The average molecular weight is 629 g/mol. The molecule has 0 radical (unpaired) electrons. The molecule has 1 saturated heterocycles. The van der Waals surface area contributed by atoms with Gasteiger partial charge in [0.15, 0.2) is 29.2 Å². The van der Waals surface area contributed by atoms with E-state index in [0.717, 1.165) is 5.39 Å². The number of rotatable bonds is 10. The first kappa shape index (κ1) is 31.3. The molecular weight excluding hydrogens is 595 g/mol. The Bertz CT molecular complexity index is 1710. The van der Waals surface area contributed by atoms with E-state index in [9.17, 15) is 19.9 Å². The van der Waals surface area contributed by atoms with Crippen LogP contribution in [0.25, 0.3) is 21.9 Å². The smallest absolute Gasteiger partial charge is 0.395 e. The van der Waals surface area contributed by atoms with E-state index in [0.29, 0.717) is 10.9 Å². The van der Waals surface area contributed by atoms with Gasteiger partial charge in [0.1, 0.15) is 24.4 Å². The van der Waals surface area contributed by atoms with Crippen molar-refractivity contribution in [2.45, 2.75) is 50.8 Å². The second-order valence-electron chi connectivity index (χ2n) is 10.7. The Hall–Kier alpha value is -4.14. The number of esters is 1. The second-order valence-corrected chi connectivity index (χ2v) is 11.6. The first-order valence-electron chi connectivity index (χ1n) is 13.6. The number of hydrogen-bond acceptors (Lipinski definition) is 14. The number of carbonyl (C=O) groups is 1. The highest BCUT2D eigenvalue weighted by molar-refractivity contribution is 7.34. The van der Waals surface area contributed by atoms with Gasteiger partial charge in [0, 0.05) is 5.39 Å². The molecule has 0 aliphatic carbocycles. The lowest BCUT2D eigenvalue weighted by Gasteiger charge is -2.27. The topological polar surface area (TPSA) is 209 Å². The highest BCUT2D eigenvalue weighted by atomic mass is 31.1. The molecule has 1 aliphatic rings. The quantitative estimate of drug-likeness (QED) is 0.170. The fourth-order valence-corrected chi connectivity index (χ4v) is 5.93. The number of aliphatic hydroxyl groups is 2. The van der Waals surface area contributed by atoms with Gasteiger partial charge in [0.2, 0.25) is 17.6 Å². The summed E-state index contributed by atoms with van der Waals surface area (Å²) in [7, 11) is -0.0829. The van der Waals surface area contributed by atoms with Gasteiger partial charge < -0.3 is 39.8 Å². The molecule has 16 heteroatoms. The van der Waals surface area contributed by atoms with E-state index in [1.165, 1.54) is 32.0 Å². The van der Waals surface area contributed by atoms with Crippen molar-refractivity contribution in [2.24, 2.45) is 10.7 Å². The molecule has 1 aliphatic heterocycles. The maximum Gasteiger partial charge on any atom is 0.395 e. The number of nitrogens with two attached hydrogens (primary N) is 1. The summed E-state index contributed by atoms with van der Waals surface area (Å²) in [4.78, 5) is 37.7. The SMILES string of the molecule is COC(=O)[C@@H](/N=[P+](\[O-])Oc1c(OC[C@H]2OC(n3cnc4c(OC)nc(N)nc43)[C@](C)(O)[C@@H]2O)ccc2ccccc12)C(C)C. The van der Waals surface area contributed by atoms with Gasteiger partial charge in [-0.3, -0.25) is 9.09 Å². The molecule has 2 aromatic heterocycles. The summed E-state index contributed by atoms with van der Waals surface area (Å²) in [5.74, 6) is -0.547. The minimum Gasteiger partial charge on any atom is -0.575 e. The third-order valence-corrected chi connectivity index (χ3v) is 8.09. The van der Waals surface area contributed by atoms with Crippen molar-refractivity contribution in [3.05, 3.63) is 42.7 Å². The van der Waals surface area contributed by atoms with Crippen molar-refractivity contribution in [3.63, 3.8) is 0 Å². The fraction of sp³-hybridized carbons (Fsp3) is 0.429. The van der Waals surface area contributed by atoms with Gasteiger partial charge in [0.25, 0.3) is 0 Å². The van der Waals surface area contributed by atoms with Crippen molar-refractivity contribution in [1.82, 2.24) is 19.5 Å². The molecule has 44 heavy (non-hydrogen) atoms. The number of fused-ring (bicyclic) bond motifs is 2. The monoisotopic (exact) mass is 628 g/mol. The Morgan fingerprint density at radius 3 is 2.70 bits per heavy atom. The normalized spacial score (nSPS) is 22.8. The molecule has 0 spiro atoms. The first-order chi connectivity index (χ1) is 21.0. The summed E-state index contributed by atoms with van der Waals surface area (Å²) in [6.45, 7) is 4.68. The van der Waals surface area contributed by atoms with Crippen molar-refractivity contribution < 1.29 is 43.4 Å². The third kappa shape index (κ3) is 5.84. The van der Waals surface area contributed by atoms with Crippen molar-refractivity contribution in [3.8, 4) is 17.4 Å². The van der Waals surface area contributed by atoms with Crippen LogP contribution in [-0.4, -0.2) is 80.4 Å². The van der Waals surface area contributed by atoms with E-state index in [1.54, 1.807) is 38.1 Å². The van der Waals surface area contributed by atoms with Crippen LogP contribution in [0, 0.1) is 5.92 Å². The van der Waals surface area contributed by atoms with Crippen molar-refractivity contribution in [2.75, 3.05) is 26.6 Å². The van der Waals surface area contributed by atoms with Crippen molar-refractivity contribution in [1.29, 1.82) is 0 Å². The summed E-state index contributed by atoms with van der Waals surface area (Å²) < 4.78 is 33.5.